The third kappa shape index (κ3) is 3.96. The molecule has 0 aliphatic carbocycles. The Morgan fingerprint density at radius 3 is 2.83 bits per heavy atom. The molecule has 23 heavy (non-hydrogen) atoms. The number of oxime groups is 1. The van der Waals surface area contributed by atoms with E-state index in [1.165, 1.54) is 16.9 Å². The van der Waals surface area contributed by atoms with E-state index in [-0.39, 0.29) is 12.0 Å². The number of carbonyl (C=O) groups excluding carboxylic acids is 1. The molecule has 1 unspecified atom stereocenters. The van der Waals surface area contributed by atoms with Crippen LogP contribution in [0.2, 0.25) is 0 Å². The van der Waals surface area contributed by atoms with Gasteiger partial charge < -0.3 is 10.2 Å². The average Bonchev–Trinajstić information content (AvgIpc) is 3.12. The van der Waals surface area contributed by atoms with Gasteiger partial charge in [-0.25, -0.2) is 4.98 Å². The molecule has 1 aromatic carbocycles. The van der Waals surface area contributed by atoms with E-state index < -0.39 is 0 Å². The number of amides is 1. The first kappa shape index (κ1) is 15.7. The summed E-state index contributed by atoms with van der Waals surface area (Å²) < 4.78 is 0. The van der Waals surface area contributed by atoms with Gasteiger partial charge in [0.15, 0.2) is 0 Å². The van der Waals surface area contributed by atoms with Crippen LogP contribution in [0.5, 0.6) is 0 Å². The summed E-state index contributed by atoms with van der Waals surface area (Å²) in [5.74, 6) is -0.0951. The van der Waals surface area contributed by atoms with Gasteiger partial charge in [0.25, 0.3) is 5.91 Å². The van der Waals surface area contributed by atoms with Crippen molar-refractivity contribution in [2.75, 3.05) is 6.54 Å². The third-order valence-electron chi connectivity index (χ3n) is 3.66. The van der Waals surface area contributed by atoms with Gasteiger partial charge in [0.05, 0.1) is 23.0 Å². The van der Waals surface area contributed by atoms with E-state index in [1.54, 1.807) is 0 Å². The third-order valence-corrected chi connectivity index (χ3v) is 4.73. The first-order chi connectivity index (χ1) is 11.1. The summed E-state index contributed by atoms with van der Waals surface area (Å²) >= 11 is 1.41. The summed E-state index contributed by atoms with van der Waals surface area (Å²) in [5, 5.41) is 7.90. The molecule has 0 spiro atoms. The van der Waals surface area contributed by atoms with Gasteiger partial charge in [-0.15, -0.1) is 11.3 Å². The highest BCUT2D eigenvalue weighted by molar-refractivity contribution is 7.13. The molecule has 1 aliphatic heterocycles. The second kappa shape index (κ2) is 6.91. The first-order valence-corrected chi connectivity index (χ1v) is 8.41. The fraction of sp³-hybridized carbons (Fsp3) is 0.353. The molecular formula is C17H19N3O2S. The van der Waals surface area contributed by atoms with Crippen LogP contribution in [0, 0.1) is 13.8 Å². The van der Waals surface area contributed by atoms with Crippen LogP contribution in [0.1, 0.15) is 32.4 Å². The molecule has 0 fully saturated rings. The molecule has 1 N–H and O–H groups in total. The van der Waals surface area contributed by atoms with E-state index in [2.05, 4.69) is 27.6 Å². The van der Waals surface area contributed by atoms with E-state index >= 15 is 0 Å². The molecule has 1 aliphatic rings. The Bertz CT molecular complexity index is 725. The maximum absolute atomic E-state index is 12.2. The molecule has 120 valence electrons. The lowest BCUT2D eigenvalue weighted by atomic mass is 10.0. The van der Waals surface area contributed by atoms with Gasteiger partial charge in [-0.1, -0.05) is 35.5 Å². The molecule has 0 saturated heterocycles. The van der Waals surface area contributed by atoms with E-state index in [1.807, 2.05) is 32.0 Å². The lowest BCUT2D eigenvalue weighted by Gasteiger charge is -2.07. The smallest absolute Gasteiger partial charge is 0.263 e. The quantitative estimate of drug-likeness (QED) is 0.917. The van der Waals surface area contributed by atoms with E-state index in [4.69, 9.17) is 4.84 Å². The molecule has 1 atom stereocenters. The SMILES string of the molecule is Cc1nc(C)c(C(=O)NCC2=NOC(Cc3ccccc3)C2)s1. The maximum Gasteiger partial charge on any atom is 0.263 e. The predicted octanol–water partition coefficient (Wildman–Crippen LogP) is 2.88. The summed E-state index contributed by atoms with van der Waals surface area (Å²) in [7, 11) is 0. The van der Waals surface area contributed by atoms with Crippen molar-refractivity contribution in [3.63, 3.8) is 0 Å². The summed E-state index contributed by atoms with van der Waals surface area (Å²) in [6.45, 7) is 4.17. The van der Waals surface area contributed by atoms with Crippen molar-refractivity contribution in [2.45, 2.75) is 32.8 Å². The Labute approximate surface area is 139 Å². The van der Waals surface area contributed by atoms with Crippen LogP contribution in [0.4, 0.5) is 0 Å². The number of hydrogen-bond acceptors (Lipinski definition) is 5. The van der Waals surface area contributed by atoms with Crippen LogP contribution in [-0.2, 0) is 11.3 Å². The lowest BCUT2D eigenvalue weighted by molar-refractivity contribution is 0.0859. The summed E-state index contributed by atoms with van der Waals surface area (Å²) in [6.07, 6.45) is 1.63. The Hall–Kier alpha value is -2.21. The summed E-state index contributed by atoms with van der Waals surface area (Å²) in [4.78, 5) is 22.6. The first-order valence-electron chi connectivity index (χ1n) is 7.59. The summed E-state index contributed by atoms with van der Waals surface area (Å²) in [6, 6.07) is 10.2. The zero-order chi connectivity index (χ0) is 16.2. The van der Waals surface area contributed by atoms with Crippen LogP contribution in [0.15, 0.2) is 35.5 Å². The number of nitrogens with one attached hydrogen (secondary N) is 1. The van der Waals surface area contributed by atoms with Gasteiger partial charge in [-0.2, -0.15) is 0 Å². The zero-order valence-corrected chi connectivity index (χ0v) is 14.0. The second-order valence-electron chi connectivity index (χ2n) is 5.61. The fourth-order valence-corrected chi connectivity index (χ4v) is 3.42. The van der Waals surface area contributed by atoms with Gasteiger partial charge in [-0.3, -0.25) is 4.79 Å². The molecule has 0 saturated carbocycles. The molecule has 1 aromatic heterocycles. The fourth-order valence-electron chi connectivity index (χ4n) is 2.58. The molecule has 2 aromatic rings. The Morgan fingerprint density at radius 1 is 1.35 bits per heavy atom. The number of hydrogen-bond donors (Lipinski definition) is 1. The number of aryl methyl sites for hydroxylation is 2. The number of rotatable bonds is 5. The predicted molar refractivity (Wildman–Crippen MR) is 91.0 cm³/mol. The van der Waals surface area contributed by atoms with Crippen LogP contribution >= 0.6 is 11.3 Å². The van der Waals surface area contributed by atoms with Crippen LogP contribution in [0.3, 0.4) is 0 Å². The van der Waals surface area contributed by atoms with Gasteiger partial charge >= 0.3 is 0 Å². The van der Waals surface area contributed by atoms with Crippen molar-refractivity contribution in [3.8, 4) is 0 Å². The Balaban J connectivity index is 1.48. The highest BCUT2D eigenvalue weighted by Gasteiger charge is 2.22. The second-order valence-corrected chi connectivity index (χ2v) is 6.81. The normalized spacial score (nSPS) is 16.8. The van der Waals surface area contributed by atoms with Crippen LogP contribution < -0.4 is 5.32 Å². The minimum Gasteiger partial charge on any atom is -0.392 e. The van der Waals surface area contributed by atoms with E-state index in [0.29, 0.717) is 11.4 Å². The summed E-state index contributed by atoms with van der Waals surface area (Å²) in [5.41, 5.74) is 2.88. The molecule has 0 bridgehead atoms. The van der Waals surface area contributed by atoms with Crippen molar-refractivity contribution in [3.05, 3.63) is 51.5 Å². The molecule has 3 rings (SSSR count). The number of aromatic nitrogens is 1. The molecular weight excluding hydrogens is 310 g/mol. The van der Waals surface area contributed by atoms with Crippen molar-refractivity contribution in [1.82, 2.24) is 10.3 Å². The van der Waals surface area contributed by atoms with Crippen molar-refractivity contribution >= 4 is 23.0 Å². The maximum atomic E-state index is 12.2. The van der Waals surface area contributed by atoms with Crippen molar-refractivity contribution in [1.29, 1.82) is 0 Å². The lowest BCUT2D eigenvalue weighted by Crippen LogP contribution is -2.29. The minimum atomic E-state index is -0.0951. The highest BCUT2D eigenvalue weighted by atomic mass is 32.1. The largest absolute Gasteiger partial charge is 0.392 e. The van der Waals surface area contributed by atoms with Gasteiger partial charge in [0.1, 0.15) is 11.0 Å². The number of benzene rings is 1. The highest BCUT2D eigenvalue weighted by Crippen LogP contribution is 2.18. The van der Waals surface area contributed by atoms with E-state index in [0.717, 1.165) is 29.3 Å². The van der Waals surface area contributed by atoms with Crippen molar-refractivity contribution < 1.29 is 9.63 Å². The minimum absolute atomic E-state index is 0.0525. The van der Waals surface area contributed by atoms with Crippen LogP contribution in [-0.4, -0.2) is 29.3 Å². The average molecular weight is 329 g/mol. The number of carbonyl (C=O) groups is 1. The Morgan fingerprint density at radius 2 is 2.13 bits per heavy atom. The topological polar surface area (TPSA) is 63.6 Å². The molecule has 6 heteroatoms. The van der Waals surface area contributed by atoms with Crippen molar-refractivity contribution in [2.24, 2.45) is 5.16 Å². The number of nitrogens with zero attached hydrogens (tertiary/aromatic N) is 2. The molecule has 0 radical (unpaired) electrons. The van der Waals surface area contributed by atoms with Gasteiger partial charge in [0, 0.05) is 12.8 Å². The Kier molecular flexibility index (Phi) is 4.71. The van der Waals surface area contributed by atoms with Gasteiger partial charge in [-0.05, 0) is 19.4 Å². The van der Waals surface area contributed by atoms with E-state index in [9.17, 15) is 4.79 Å². The molecule has 5 nitrogen and oxygen atoms in total. The van der Waals surface area contributed by atoms with Gasteiger partial charge in [0.2, 0.25) is 0 Å². The monoisotopic (exact) mass is 329 g/mol. The van der Waals surface area contributed by atoms with Crippen LogP contribution in [0.25, 0.3) is 0 Å². The standard InChI is InChI=1S/C17H19N3O2S/c1-11-16(23-12(2)19-11)17(21)18-10-14-9-15(22-20-14)8-13-6-4-3-5-7-13/h3-7,15H,8-10H2,1-2H3,(H,18,21). The number of thiazole rings is 1. The zero-order valence-electron chi connectivity index (χ0n) is 13.2. The molecule has 2 heterocycles. The molecule has 1 amide bonds.